The summed E-state index contributed by atoms with van der Waals surface area (Å²) in [7, 11) is -1.17. The smallest absolute Gasteiger partial charge is 0.357 e. The summed E-state index contributed by atoms with van der Waals surface area (Å²) in [6.07, 6.45) is 1.21. The molecule has 0 radical (unpaired) electrons. The van der Waals surface area contributed by atoms with Gasteiger partial charge in [-0.15, -0.1) is 0 Å². The van der Waals surface area contributed by atoms with Gasteiger partial charge in [0.05, 0.1) is 30.8 Å². The molecule has 12 heteroatoms. The molecule has 3 rings (SSSR count). The minimum atomic E-state index is -4.16. The number of benzene rings is 2. The normalized spacial score (nSPS) is 11.0. The van der Waals surface area contributed by atoms with Crippen molar-refractivity contribution < 1.29 is 37.0 Å². The number of hydrogen-bond acceptors (Lipinski definition) is 9. The number of sulfonamides is 1. The Labute approximate surface area is 226 Å². The Hall–Kier alpha value is -4.45. The van der Waals surface area contributed by atoms with Gasteiger partial charge in [-0.05, 0) is 68.3 Å². The van der Waals surface area contributed by atoms with E-state index in [1.54, 1.807) is 44.2 Å². The number of rotatable bonds is 11. The lowest BCUT2D eigenvalue weighted by atomic mass is 10.1. The van der Waals surface area contributed by atoms with E-state index in [1.165, 1.54) is 38.5 Å². The third kappa shape index (κ3) is 7.77. The number of pyridine rings is 1. The van der Waals surface area contributed by atoms with E-state index in [4.69, 9.17) is 14.2 Å². The molecule has 0 saturated carbocycles. The second kappa shape index (κ2) is 12.9. The van der Waals surface area contributed by atoms with Crippen LogP contribution in [-0.4, -0.2) is 58.1 Å². The van der Waals surface area contributed by atoms with Crippen LogP contribution in [0.5, 0.6) is 11.5 Å². The molecular weight excluding hydrogens is 526 g/mol. The number of nitrogens with zero attached hydrogens (tertiary/aromatic N) is 1. The van der Waals surface area contributed by atoms with Crippen LogP contribution in [-0.2, 0) is 21.2 Å². The maximum atomic E-state index is 12.7. The van der Waals surface area contributed by atoms with E-state index in [0.717, 1.165) is 11.8 Å². The summed E-state index contributed by atoms with van der Waals surface area (Å²) in [5.41, 5.74) is 1.14. The van der Waals surface area contributed by atoms with Crippen molar-refractivity contribution >= 4 is 27.8 Å². The lowest BCUT2D eigenvalue weighted by Gasteiger charge is -2.10. The highest BCUT2D eigenvalue weighted by Gasteiger charge is 2.20. The van der Waals surface area contributed by atoms with Gasteiger partial charge < -0.3 is 19.5 Å². The quantitative estimate of drug-likeness (QED) is 0.341. The van der Waals surface area contributed by atoms with Crippen molar-refractivity contribution in [3.05, 3.63) is 83.2 Å². The van der Waals surface area contributed by atoms with Crippen molar-refractivity contribution in [2.45, 2.75) is 31.3 Å². The molecule has 11 nitrogen and oxygen atoms in total. The number of methoxy groups -OCH3 is 2. The molecule has 1 aromatic heterocycles. The fourth-order valence-electron chi connectivity index (χ4n) is 3.40. The Bertz CT molecular complexity index is 1440. The molecule has 1 heterocycles. The Morgan fingerprint density at radius 2 is 1.54 bits per heavy atom. The van der Waals surface area contributed by atoms with Crippen molar-refractivity contribution in [3.8, 4) is 11.5 Å². The van der Waals surface area contributed by atoms with E-state index in [-0.39, 0.29) is 28.2 Å². The average molecular weight is 556 g/mol. The summed E-state index contributed by atoms with van der Waals surface area (Å²) in [6.45, 7) is 3.69. The van der Waals surface area contributed by atoms with Crippen LogP contribution in [0.3, 0.4) is 0 Å². The van der Waals surface area contributed by atoms with Crippen LogP contribution in [0, 0.1) is 0 Å². The molecule has 0 fully saturated rings. The summed E-state index contributed by atoms with van der Waals surface area (Å²) in [5, 5.41) is 2.80. The van der Waals surface area contributed by atoms with Crippen LogP contribution in [0.15, 0.2) is 65.7 Å². The van der Waals surface area contributed by atoms with Gasteiger partial charge in [-0.1, -0.05) is 12.1 Å². The van der Waals surface area contributed by atoms with Gasteiger partial charge in [0, 0.05) is 18.3 Å². The molecule has 0 aliphatic rings. The van der Waals surface area contributed by atoms with Crippen LogP contribution in [0.1, 0.15) is 50.6 Å². The Balaban J connectivity index is 1.55. The highest BCUT2D eigenvalue weighted by molar-refractivity contribution is 7.90. The van der Waals surface area contributed by atoms with Gasteiger partial charge in [-0.3, -0.25) is 9.59 Å². The summed E-state index contributed by atoms with van der Waals surface area (Å²) in [5.74, 6) is -0.886. The lowest BCUT2D eigenvalue weighted by molar-refractivity contribution is 0.0370. The van der Waals surface area contributed by atoms with E-state index in [0.29, 0.717) is 30.0 Å². The molecule has 0 bridgehead atoms. The van der Waals surface area contributed by atoms with Crippen molar-refractivity contribution in [1.29, 1.82) is 0 Å². The Morgan fingerprint density at radius 3 is 2.13 bits per heavy atom. The molecule has 3 aromatic rings. The predicted molar refractivity (Wildman–Crippen MR) is 141 cm³/mol. The van der Waals surface area contributed by atoms with Gasteiger partial charge in [-0.2, -0.15) is 0 Å². The molecule has 0 aliphatic carbocycles. The van der Waals surface area contributed by atoms with E-state index in [9.17, 15) is 22.8 Å². The Kier molecular flexibility index (Phi) is 9.61. The number of amides is 2. The molecule has 206 valence electrons. The van der Waals surface area contributed by atoms with Crippen LogP contribution < -0.4 is 19.5 Å². The van der Waals surface area contributed by atoms with E-state index < -0.39 is 21.9 Å². The number of hydrogen-bond donors (Lipinski definition) is 2. The number of ether oxygens (including phenoxy) is 3. The molecule has 39 heavy (non-hydrogen) atoms. The van der Waals surface area contributed by atoms with Crippen LogP contribution >= 0.6 is 0 Å². The number of aromatic nitrogens is 1. The minimum absolute atomic E-state index is 0.00129. The summed E-state index contributed by atoms with van der Waals surface area (Å²) < 4.78 is 42.8. The van der Waals surface area contributed by atoms with Gasteiger partial charge in [0.2, 0.25) is 0 Å². The Morgan fingerprint density at radius 1 is 0.872 bits per heavy atom. The zero-order valence-electron chi connectivity index (χ0n) is 21.9. The number of carbonyl (C=O) groups excluding carboxylic acids is 3. The van der Waals surface area contributed by atoms with Crippen molar-refractivity contribution in [3.63, 3.8) is 0 Å². The van der Waals surface area contributed by atoms with Crippen molar-refractivity contribution in [2.75, 3.05) is 20.8 Å². The van der Waals surface area contributed by atoms with Crippen molar-refractivity contribution in [1.82, 2.24) is 15.0 Å². The van der Waals surface area contributed by atoms with E-state index >= 15 is 0 Å². The molecule has 0 unspecified atom stereocenters. The predicted octanol–water partition coefficient (Wildman–Crippen LogP) is 2.76. The summed E-state index contributed by atoms with van der Waals surface area (Å²) in [4.78, 5) is 40.5. The molecular formula is C27H29N3O8S. The van der Waals surface area contributed by atoms with Crippen LogP contribution in [0.25, 0.3) is 0 Å². The largest absolute Gasteiger partial charge is 0.493 e. The van der Waals surface area contributed by atoms with Crippen LogP contribution in [0.2, 0.25) is 0 Å². The molecule has 2 amide bonds. The average Bonchev–Trinajstić information content (AvgIpc) is 2.92. The first-order valence-electron chi connectivity index (χ1n) is 11.9. The van der Waals surface area contributed by atoms with E-state index in [1.807, 2.05) is 4.72 Å². The first kappa shape index (κ1) is 29.1. The van der Waals surface area contributed by atoms with Gasteiger partial charge in [0.1, 0.15) is 5.69 Å². The number of nitrogens with one attached hydrogen (secondary N) is 2. The third-order valence-corrected chi connectivity index (χ3v) is 6.73. The van der Waals surface area contributed by atoms with Gasteiger partial charge in [0.15, 0.2) is 11.5 Å². The second-order valence-electron chi connectivity index (χ2n) is 8.54. The fourth-order valence-corrected chi connectivity index (χ4v) is 4.37. The maximum Gasteiger partial charge on any atom is 0.357 e. The number of carbonyl (C=O) groups is 3. The standard InChI is InChI=1S/C27H29N3O8S/c1-17(2)38-27(33)22-11-7-20(16-29-22)26(32)30-39(34,35)21-9-5-18(6-10-21)13-14-28-25(31)19-8-12-23(36-3)24(15-19)37-4/h5-12,15-17H,13-14H2,1-4H3,(H,28,31)(H,30,32). The molecule has 0 saturated heterocycles. The van der Waals surface area contributed by atoms with Gasteiger partial charge in [-0.25, -0.2) is 22.9 Å². The highest BCUT2D eigenvalue weighted by Crippen LogP contribution is 2.27. The topological polar surface area (TPSA) is 150 Å². The van der Waals surface area contributed by atoms with Crippen LogP contribution in [0.4, 0.5) is 0 Å². The summed E-state index contributed by atoms with van der Waals surface area (Å²) >= 11 is 0. The van der Waals surface area contributed by atoms with Gasteiger partial charge in [0.25, 0.3) is 21.8 Å². The molecule has 2 N–H and O–H groups in total. The highest BCUT2D eigenvalue weighted by atomic mass is 32.2. The third-order valence-electron chi connectivity index (χ3n) is 5.38. The maximum absolute atomic E-state index is 12.7. The molecule has 0 spiro atoms. The summed E-state index contributed by atoms with van der Waals surface area (Å²) in [6, 6.07) is 13.3. The first-order valence-corrected chi connectivity index (χ1v) is 13.4. The minimum Gasteiger partial charge on any atom is -0.493 e. The SMILES string of the molecule is COc1ccc(C(=O)NCCc2ccc(S(=O)(=O)NC(=O)c3ccc(C(=O)OC(C)C)nc3)cc2)cc1OC. The van der Waals surface area contributed by atoms with Gasteiger partial charge >= 0.3 is 5.97 Å². The van der Waals surface area contributed by atoms with Crippen molar-refractivity contribution in [2.24, 2.45) is 0 Å². The lowest BCUT2D eigenvalue weighted by Crippen LogP contribution is -2.30. The molecule has 2 aromatic carbocycles. The molecule has 0 aliphatic heterocycles. The zero-order chi connectivity index (χ0) is 28.6. The second-order valence-corrected chi connectivity index (χ2v) is 10.2. The first-order chi connectivity index (χ1) is 18.5. The fraction of sp³-hybridized carbons (Fsp3) is 0.259. The van der Waals surface area contributed by atoms with E-state index in [2.05, 4.69) is 10.3 Å². The monoisotopic (exact) mass is 555 g/mol. The zero-order valence-corrected chi connectivity index (χ0v) is 22.7. The number of esters is 1. The molecule has 0 atom stereocenters.